The monoisotopic (exact) mass is 294 g/mol. The van der Waals surface area contributed by atoms with E-state index in [9.17, 15) is 0 Å². The Morgan fingerprint density at radius 2 is 1.67 bits per heavy atom. The molecule has 0 bridgehead atoms. The van der Waals surface area contributed by atoms with Crippen LogP contribution in [0.3, 0.4) is 0 Å². The molecule has 0 nitrogen and oxygen atoms in total. The van der Waals surface area contributed by atoms with Crippen LogP contribution in [0.2, 0.25) is 5.02 Å². The smallest absolute Gasteiger partial charge is 0.0541 e. The molecule has 94 valence electrons. The van der Waals surface area contributed by atoms with E-state index in [0.29, 0.717) is 5.92 Å². The van der Waals surface area contributed by atoms with Crippen molar-refractivity contribution in [3.8, 4) is 0 Å². The molecule has 18 heavy (non-hydrogen) atoms. The molecule has 0 aliphatic carbocycles. The van der Waals surface area contributed by atoms with E-state index in [0.717, 1.165) is 21.4 Å². The van der Waals surface area contributed by atoms with E-state index in [1.165, 1.54) is 5.56 Å². The van der Waals surface area contributed by atoms with E-state index in [1.54, 1.807) is 11.8 Å². The minimum atomic E-state index is 0.454. The van der Waals surface area contributed by atoms with Crippen molar-refractivity contribution in [3.05, 3.63) is 65.2 Å². The lowest BCUT2D eigenvalue weighted by Gasteiger charge is -2.14. The van der Waals surface area contributed by atoms with Gasteiger partial charge in [-0.3, -0.25) is 0 Å². The maximum atomic E-state index is 6.16. The first-order valence-electron chi connectivity index (χ1n) is 5.84. The Morgan fingerprint density at radius 1 is 1.00 bits per heavy atom. The summed E-state index contributed by atoms with van der Waals surface area (Å²) in [6.07, 6.45) is 0. The molecule has 3 heteroatoms. The van der Waals surface area contributed by atoms with Gasteiger partial charge in [0.05, 0.1) is 5.02 Å². The summed E-state index contributed by atoms with van der Waals surface area (Å²) in [5.41, 5.74) is 1.34. The van der Waals surface area contributed by atoms with Crippen LogP contribution in [-0.2, 0) is 0 Å². The predicted octanol–water partition coefficient (Wildman–Crippen LogP) is 5.15. The molecule has 0 amide bonds. The van der Waals surface area contributed by atoms with E-state index < -0.39 is 0 Å². The highest BCUT2D eigenvalue weighted by molar-refractivity contribution is 7.99. The second kappa shape index (κ2) is 7.13. The Bertz CT molecular complexity index is 485. The van der Waals surface area contributed by atoms with Crippen LogP contribution in [0, 0.1) is 0 Å². The molecule has 0 saturated carbocycles. The van der Waals surface area contributed by atoms with Gasteiger partial charge in [-0.15, -0.1) is 11.8 Å². The lowest BCUT2D eigenvalue weighted by Crippen LogP contribution is -2.03. The Hall–Kier alpha value is -0.570. The molecule has 1 atom stereocenters. The van der Waals surface area contributed by atoms with Gasteiger partial charge >= 0.3 is 0 Å². The number of halogens is 1. The Kier molecular flexibility index (Phi) is 5.48. The van der Waals surface area contributed by atoms with Crippen molar-refractivity contribution in [2.45, 2.75) is 10.8 Å². The first-order valence-corrected chi connectivity index (χ1v) is 7.84. The highest BCUT2D eigenvalue weighted by atomic mass is 35.5. The fourth-order valence-electron chi connectivity index (χ4n) is 1.73. The standard InChI is InChI=1S/C15H15ClS2/c16-14-8-4-5-9-15(14)18-11-13(10-17)12-6-2-1-3-7-12/h1-9,13,17H,10-11H2. The fraction of sp³-hybridized carbons (Fsp3) is 0.200. The molecule has 0 aromatic heterocycles. The summed E-state index contributed by atoms with van der Waals surface area (Å²) >= 11 is 12.4. The van der Waals surface area contributed by atoms with Gasteiger partial charge in [0.15, 0.2) is 0 Å². The van der Waals surface area contributed by atoms with Gasteiger partial charge in [-0.1, -0.05) is 54.1 Å². The number of thioether (sulfide) groups is 1. The molecule has 0 aliphatic heterocycles. The molecule has 2 rings (SSSR count). The number of hydrogen-bond acceptors (Lipinski definition) is 2. The topological polar surface area (TPSA) is 0 Å². The molecule has 0 fully saturated rings. The fourth-order valence-corrected chi connectivity index (χ4v) is 3.62. The zero-order valence-electron chi connectivity index (χ0n) is 9.92. The average molecular weight is 295 g/mol. The molecule has 0 aliphatic rings. The van der Waals surface area contributed by atoms with Crippen molar-refractivity contribution in [1.82, 2.24) is 0 Å². The van der Waals surface area contributed by atoms with Gasteiger partial charge in [0.2, 0.25) is 0 Å². The molecule has 2 aromatic rings. The Balaban J connectivity index is 2.02. The summed E-state index contributed by atoms with van der Waals surface area (Å²) in [6.45, 7) is 0. The third kappa shape index (κ3) is 3.71. The van der Waals surface area contributed by atoms with E-state index in [1.807, 2.05) is 24.3 Å². The van der Waals surface area contributed by atoms with Crippen molar-refractivity contribution in [3.63, 3.8) is 0 Å². The highest BCUT2D eigenvalue weighted by Gasteiger charge is 2.10. The molecule has 0 heterocycles. The van der Waals surface area contributed by atoms with Gasteiger partial charge in [-0.05, 0) is 23.4 Å². The lowest BCUT2D eigenvalue weighted by atomic mass is 10.0. The van der Waals surface area contributed by atoms with Crippen LogP contribution in [0.1, 0.15) is 11.5 Å². The van der Waals surface area contributed by atoms with Crippen molar-refractivity contribution in [2.75, 3.05) is 11.5 Å². The third-order valence-electron chi connectivity index (χ3n) is 2.77. The largest absolute Gasteiger partial charge is 0.179 e. The number of hydrogen-bond donors (Lipinski definition) is 1. The van der Waals surface area contributed by atoms with Crippen LogP contribution in [0.4, 0.5) is 0 Å². The normalized spacial score (nSPS) is 12.3. The quantitative estimate of drug-likeness (QED) is 0.588. The minimum absolute atomic E-state index is 0.454. The molecule has 0 saturated heterocycles. The van der Waals surface area contributed by atoms with Gasteiger partial charge in [0.1, 0.15) is 0 Å². The van der Waals surface area contributed by atoms with Crippen LogP contribution < -0.4 is 0 Å². The molecular weight excluding hydrogens is 280 g/mol. The van der Waals surface area contributed by atoms with Crippen LogP contribution in [0.25, 0.3) is 0 Å². The second-order valence-corrected chi connectivity index (χ2v) is 5.87. The lowest BCUT2D eigenvalue weighted by molar-refractivity contribution is 0.898. The van der Waals surface area contributed by atoms with Crippen molar-refractivity contribution in [1.29, 1.82) is 0 Å². The van der Waals surface area contributed by atoms with E-state index >= 15 is 0 Å². The number of rotatable bonds is 5. The van der Waals surface area contributed by atoms with Crippen molar-refractivity contribution in [2.24, 2.45) is 0 Å². The summed E-state index contributed by atoms with van der Waals surface area (Å²) in [7, 11) is 0. The van der Waals surface area contributed by atoms with Crippen LogP contribution >= 0.6 is 36.0 Å². The minimum Gasteiger partial charge on any atom is -0.179 e. The Labute approximate surface area is 123 Å². The molecule has 1 unspecified atom stereocenters. The summed E-state index contributed by atoms with van der Waals surface area (Å²) in [5.74, 6) is 2.30. The molecule has 2 aromatic carbocycles. The zero-order chi connectivity index (χ0) is 12.8. The first-order chi connectivity index (χ1) is 8.81. The molecule has 0 radical (unpaired) electrons. The summed E-state index contributed by atoms with van der Waals surface area (Å²) in [6, 6.07) is 18.5. The van der Waals surface area contributed by atoms with Gasteiger partial charge in [0, 0.05) is 16.6 Å². The molecule has 0 N–H and O–H groups in total. The number of benzene rings is 2. The maximum absolute atomic E-state index is 6.16. The van der Waals surface area contributed by atoms with E-state index in [4.69, 9.17) is 11.6 Å². The van der Waals surface area contributed by atoms with Crippen LogP contribution in [0.5, 0.6) is 0 Å². The maximum Gasteiger partial charge on any atom is 0.0541 e. The second-order valence-electron chi connectivity index (χ2n) is 4.03. The average Bonchev–Trinajstić information content (AvgIpc) is 2.42. The summed E-state index contributed by atoms with van der Waals surface area (Å²) in [4.78, 5) is 1.14. The SMILES string of the molecule is SCC(CSc1ccccc1Cl)c1ccccc1. The van der Waals surface area contributed by atoms with Gasteiger partial charge < -0.3 is 0 Å². The highest BCUT2D eigenvalue weighted by Crippen LogP contribution is 2.31. The van der Waals surface area contributed by atoms with E-state index in [-0.39, 0.29) is 0 Å². The summed E-state index contributed by atoms with van der Waals surface area (Å²) < 4.78 is 0. The summed E-state index contributed by atoms with van der Waals surface area (Å²) in [5, 5.41) is 0.827. The van der Waals surface area contributed by atoms with Gasteiger partial charge in [-0.25, -0.2) is 0 Å². The third-order valence-corrected chi connectivity index (χ3v) is 4.89. The van der Waals surface area contributed by atoms with Crippen molar-refractivity contribution >= 4 is 36.0 Å². The van der Waals surface area contributed by atoms with Gasteiger partial charge in [0.25, 0.3) is 0 Å². The van der Waals surface area contributed by atoms with Crippen LogP contribution in [0.15, 0.2) is 59.5 Å². The van der Waals surface area contributed by atoms with E-state index in [2.05, 4.69) is 43.0 Å². The molecule has 0 spiro atoms. The van der Waals surface area contributed by atoms with Crippen LogP contribution in [-0.4, -0.2) is 11.5 Å². The zero-order valence-corrected chi connectivity index (χ0v) is 12.4. The predicted molar refractivity (Wildman–Crippen MR) is 85.2 cm³/mol. The first kappa shape index (κ1) is 13.9. The molecular formula is C15H15ClS2. The van der Waals surface area contributed by atoms with Gasteiger partial charge in [-0.2, -0.15) is 12.6 Å². The Morgan fingerprint density at radius 3 is 2.33 bits per heavy atom. The van der Waals surface area contributed by atoms with Crippen molar-refractivity contribution < 1.29 is 0 Å². The number of thiol groups is 1.